The fourth-order valence-corrected chi connectivity index (χ4v) is 1.21. The van der Waals surface area contributed by atoms with Gasteiger partial charge in [-0.1, -0.05) is 18.2 Å². The fourth-order valence-electron chi connectivity index (χ4n) is 1.21. The third-order valence-corrected chi connectivity index (χ3v) is 2.11. The number of hydrogen-bond acceptors (Lipinski definition) is 3. The van der Waals surface area contributed by atoms with E-state index in [0.29, 0.717) is 5.75 Å². The van der Waals surface area contributed by atoms with E-state index in [0.717, 1.165) is 5.56 Å². The highest BCUT2D eigenvalue weighted by molar-refractivity contribution is 5.78. The first kappa shape index (κ1) is 11.5. The first-order valence-corrected chi connectivity index (χ1v) is 4.83. The molecule has 15 heavy (non-hydrogen) atoms. The van der Waals surface area contributed by atoms with E-state index < -0.39 is 12.0 Å². The van der Waals surface area contributed by atoms with E-state index in [1.165, 1.54) is 0 Å². The van der Waals surface area contributed by atoms with Gasteiger partial charge in [-0.3, -0.25) is 4.79 Å². The molecule has 1 aromatic carbocycles. The van der Waals surface area contributed by atoms with Crippen molar-refractivity contribution in [2.45, 2.75) is 26.0 Å². The number of carbonyl (C=O) groups excluding carboxylic acids is 1. The molecule has 0 fully saturated rings. The Morgan fingerprint density at radius 2 is 1.93 bits per heavy atom. The Morgan fingerprint density at radius 3 is 2.47 bits per heavy atom. The molecule has 2 atom stereocenters. The summed E-state index contributed by atoms with van der Waals surface area (Å²) in [4.78, 5) is 10.9. The summed E-state index contributed by atoms with van der Waals surface area (Å²) in [6.07, 6.45) is -0.648. The molecular formula is C11H16N2O2. The largest absolute Gasteiger partial charge is 0.481 e. The van der Waals surface area contributed by atoms with Gasteiger partial charge in [-0.25, -0.2) is 0 Å². The summed E-state index contributed by atoms with van der Waals surface area (Å²) in [5.41, 5.74) is 11.8. The molecule has 0 aliphatic rings. The number of ether oxygens (including phenoxy) is 1. The minimum atomic E-state index is -0.648. The topological polar surface area (TPSA) is 78.3 Å². The number of primary amides is 1. The number of nitrogens with two attached hydrogens (primary N) is 2. The van der Waals surface area contributed by atoms with Crippen LogP contribution in [0.2, 0.25) is 0 Å². The molecule has 1 unspecified atom stereocenters. The molecule has 4 nitrogen and oxygen atoms in total. The molecule has 0 bridgehead atoms. The molecule has 0 aliphatic heterocycles. The number of hydrogen-bond donors (Lipinski definition) is 2. The lowest BCUT2D eigenvalue weighted by molar-refractivity contribution is -0.124. The lowest BCUT2D eigenvalue weighted by Crippen LogP contribution is -2.31. The number of amides is 1. The Hall–Kier alpha value is -1.55. The maximum atomic E-state index is 10.9. The highest BCUT2D eigenvalue weighted by atomic mass is 16.5. The summed E-state index contributed by atoms with van der Waals surface area (Å²) in [5, 5.41) is 0. The van der Waals surface area contributed by atoms with Gasteiger partial charge in [0, 0.05) is 11.6 Å². The van der Waals surface area contributed by atoms with Crippen LogP contribution in [0.3, 0.4) is 0 Å². The standard InChI is InChI=1S/C11H16N2O2/c1-7(12)9-5-3-4-6-10(9)15-8(2)11(13)14/h3-8H,12H2,1-2H3,(H2,13,14)/t7-,8?/m1/s1. The molecule has 0 heterocycles. The molecule has 0 aromatic heterocycles. The van der Waals surface area contributed by atoms with Crippen molar-refractivity contribution in [3.05, 3.63) is 29.8 Å². The molecule has 0 radical (unpaired) electrons. The molecular weight excluding hydrogens is 192 g/mol. The van der Waals surface area contributed by atoms with Crippen LogP contribution in [0.4, 0.5) is 0 Å². The van der Waals surface area contributed by atoms with Crippen LogP contribution in [-0.2, 0) is 4.79 Å². The van der Waals surface area contributed by atoms with Crippen LogP contribution < -0.4 is 16.2 Å². The summed E-state index contributed by atoms with van der Waals surface area (Å²) in [6, 6.07) is 7.21. The Balaban J connectivity index is 2.89. The van der Waals surface area contributed by atoms with Crippen molar-refractivity contribution in [3.8, 4) is 5.75 Å². The first-order chi connectivity index (χ1) is 7.02. The Bertz CT molecular complexity index is 350. The molecule has 1 amide bonds. The molecule has 0 saturated carbocycles. The second-order valence-electron chi connectivity index (χ2n) is 3.49. The smallest absolute Gasteiger partial charge is 0.258 e. The quantitative estimate of drug-likeness (QED) is 0.773. The highest BCUT2D eigenvalue weighted by Gasteiger charge is 2.13. The minimum absolute atomic E-state index is 0.138. The Kier molecular flexibility index (Phi) is 3.68. The third kappa shape index (κ3) is 2.95. The third-order valence-electron chi connectivity index (χ3n) is 2.11. The number of para-hydroxylation sites is 1. The molecule has 1 aromatic rings. The van der Waals surface area contributed by atoms with E-state index in [4.69, 9.17) is 16.2 Å². The number of carbonyl (C=O) groups is 1. The highest BCUT2D eigenvalue weighted by Crippen LogP contribution is 2.23. The summed E-state index contributed by atoms with van der Waals surface area (Å²) in [7, 11) is 0. The maximum Gasteiger partial charge on any atom is 0.258 e. The SMILES string of the molecule is CC(Oc1ccccc1[C@@H](C)N)C(N)=O. The molecule has 4 heteroatoms. The zero-order chi connectivity index (χ0) is 11.4. The van der Waals surface area contributed by atoms with Crippen LogP contribution >= 0.6 is 0 Å². The van der Waals surface area contributed by atoms with Crippen LogP contribution in [0.25, 0.3) is 0 Å². The van der Waals surface area contributed by atoms with Crippen molar-refractivity contribution in [2.24, 2.45) is 11.5 Å². The van der Waals surface area contributed by atoms with E-state index in [1.54, 1.807) is 13.0 Å². The molecule has 4 N–H and O–H groups in total. The van der Waals surface area contributed by atoms with Gasteiger partial charge >= 0.3 is 0 Å². The van der Waals surface area contributed by atoms with Crippen molar-refractivity contribution in [1.82, 2.24) is 0 Å². The van der Waals surface area contributed by atoms with Crippen LogP contribution in [0.15, 0.2) is 24.3 Å². The van der Waals surface area contributed by atoms with Gasteiger partial charge in [-0.2, -0.15) is 0 Å². The van der Waals surface area contributed by atoms with Crippen molar-refractivity contribution < 1.29 is 9.53 Å². The lowest BCUT2D eigenvalue weighted by Gasteiger charge is -2.16. The molecule has 0 saturated heterocycles. The van der Waals surface area contributed by atoms with E-state index in [-0.39, 0.29) is 6.04 Å². The van der Waals surface area contributed by atoms with Gasteiger partial charge in [0.2, 0.25) is 0 Å². The molecule has 0 spiro atoms. The van der Waals surface area contributed by atoms with E-state index >= 15 is 0 Å². The predicted molar refractivity (Wildman–Crippen MR) is 58.3 cm³/mol. The number of benzene rings is 1. The molecule has 0 aliphatic carbocycles. The van der Waals surface area contributed by atoms with Gasteiger partial charge in [-0.15, -0.1) is 0 Å². The second-order valence-corrected chi connectivity index (χ2v) is 3.49. The van der Waals surface area contributed by atoms with Gasteiger partial charge < -0.3 is 16.2 Å². The van der Waals surface area contributed by atoms with Crippen molar-refractivity contribution in [2.75, 3.05) is 0 Å². The Morgan fingerprint density at radius 1 is 1.33 bits per heavy atom. The molecule has 82 valence electrons. The minimum Gasteiger partial charge on any atom is -0.481 e. The summed E-state index contributed by atoms with van der Waals surface area (Å²) in [6.45, 7) is 3.47. The van der Waals surface area contributed by atoms with Crippen LogP contribution in [0.5, 0.6) is 5.75 Å². The number of rotatable bonds is 4. The van der Waals surface area contributed by atoms with Crippen LogP contribution in [-0.4, -0.2) is 12.0 Å². The predicted octanol–water partition coefficient (Wildman–Crippen LogP) is 0.959. The van der Waals surface area contributed by atoms with Gasteiger partial charge in [-0.05, 0) is 19.9 Å². The van der Waals surface area contributed by atoms with Gasteiger partial charge in [0.1, 0.15) is 5.75 Å². The molecule has 1 rings (SSSR count). The lowest BCUT2D eigenvalue weighted by atomic mass is 10.1. The van der Waals surface area contributed by atoms with Gasteiger partial charge in [0.05, 0.1) is 0 Å². The van der Waals surface area contributed by atoms with Crippen LogP contribution in [0, 0.1) is 0 Å². The normalized spacial score (nSPS) is 14.3. The van der Waals surface area contributed by atoms with Gasteiger partial charge in [0.25, 0.3) is 5.91 Å². The summed E-state index contributed by atoms with van der Waals surface area (Å²) >= 11 is 0. The van der Waals surface area contributed by atoms with Crippen molar-refractivity contribution in [3.63, 3.8) is 0 Å². The van der Waals surface area contributed by atoms with E-state index in [1.807, 2.05) is 25.1 Å². The summed E-state index contributed by atoms with van der Waals surface area (Å²) < 4.78 is 5.41. The average Bonchev–Trinajstić information content (AvgIpc) is 2.18. The van der Waals surface area contributed by atoms with E-state index in [9.17, 15) is 4.79 Å². The average molecular weight is 208 g/mol. The maximum absolute atomic E-state index is 10.9. The second kappa shape index (κ2) is 4.79. The Labute approximate surface area is 89.2 Å². The van der Waals surface area contributed by atoms with E-state index in [2.05, 4.69) is 0 Å². The monoisotopic (exact) mass is 208 g/mol. The summed E-state index contributed by atoms with van der Waals surface area (Å²) in [5.74, 6) is 0.119. The zero-order valence-corrected chi connectivity index (χ0v) is 8.94. The van der Waals surface area contributed by atoms with Gasteiger partial charge in [0.15, 0.2) is 6.10 Å². The van der Waals surface area contributed by atoms with Crippen molar-refractivity contribution in [1.29, 1.82) is 0 Å². The van der Waals surface area contributed by atoms with Crippen molar-refractivity contribution >= 4 is 5.91 Å². The zero-order valence-electron chi connectivity index (χ0n) is 8.94. The first-order valence-electron chi connectivity index (χ1n) is 4.83. The fraction of sp³-hybridized carbons (Fsp3) is 0.364. The van der Waals surface area contributed by atoms with Crippen LogP contribution in [0.1, 0.15) is 25.5 Å².